The van der Waals surface area contributed by atoms with Gasteiger partial charge in [-0.05, 0) is 47.5 Å². The van der Waals surface area contributed by atoms with Crippen LogP contribution in [0, 0.1) is 0 Å². The standard InChI is InChI=1S/C24H19Cl2N3O3.CH4O/c1-12(15-8-13(25)3-5-19(15)27)7-17-21(11-30)29-23(24(31)32-2)22(17)18-10-28-20-6-4-14(26)9-16(18)20;1-2/h3-6,8-11,28-29H,1,7,27H2,2H3;2H,1H3. The maximum absolute atomic E-state index is 12.6. The Labute approximate surface area is 206 Å². The van der Waals surface area contributed by atoms with Crippen LogP contribution >= 0.6 is 23.2 Å². The van der Waals surface area contributed by atoms with E-state index in [1.807, 2.05) is 6.07 Å². The molecule has 0 aliphatic rings. The van der Waals surface area contributed by atoms with E-state index in [4.69, 9.17) is 38.8 Å². The van der Waals surface area contributed by atoms with Crippen molar-refractivity contribution in [3.8, 4) is 11.1 Å². The number of nitrogens with two attached hydrogens (primary N) is 1. The Bertz CT molecular complexity index is 1390. The van der Waals surface area contributed by atoms with E-state index >= 15 is 0 Å². The van der Waals surface area contributed by atoms with Gasteiger partial charge in [-0.15, -0.1) is 0 Å². The smallest absolute Gasteiger partial charge is 0.355 e. The molecule has 2 aromatic carbocycles. The summed E-state index contributed by atoms with van der Waals surface area (Å²) in [6.45, 7) is 4.16. The molecular formula is C25H23Cl2N3O4. The number of aliphatic hydroxyl groups excluding tert-OH is 1. The van der Waals surface area contributed by atoms with Crippen molar-refractivity contribution in [2.24, 2.45) is 0 Å². The number of nitrogens with one attached hydrogen (secondary N) is 2. The molecule has 0 radical (unpaired) electrons. The number of anilines is 1. The molecule has 9 heteroatoms. The molecule has 0 saturated heterocycles. The quantitative estimate of drug-likeness (QED) is 0.158. The lowest BCUT2D eigenvalue weighted by atomic mass is 9.92. The van der Waals surface area contributed by atoms with E-state index in [0.29, 0.717) is 49.8 Å². The van der Waals surface area contributed by atoms with Crippen molar-refractivity contribution in [1.82, 2.24) is 9.97 Å². The fourth-order valence-electron chi connectivity index (χ4n) is 3.84. The first kappa shape index (κ1) is 25.1. The second-order valence-electron chi connectivity index (χ2n) is 7.28. The van der Waals surface area contributed by atoms with Crippen molar-refractivity contribution < 1.29 is 19.4 Å². The minimum atomic E-state index is -0.599. The van der Waals surface area contributed by atoms with Crippen LogP contribution in [-0.4, -0.2) is 41.5 Å². The lowest BCUT2D eigenvalue weighted by Crippen LogP contribution is -2.04. The van der Waals surface area contributed by atoms with E-state index in [1.165, 1.54) is 7.11 Å². The van der Waals surface area contributed by atoms with Gasteiger partial charge < -0.3 is 25.5 Å². The molecule has 4 rings (SSSR count). The fraction of sp³-hybridized carbons (Fsp3) is 0.120. The number of benzene rings is 2. The Balaban J connectivity index is 0.00000158. The van der Waals surface area contributed by atoms with Gasteiger partial charge in [-0.2, -0.15) is 0 Å². The number of carbonyl (C=O) groups is 2. The predicted octanol–water partition coefficient (Wildman–Crippen LogP) is 5.52. The van der Waals surface area contributed by atoms with Crippen molar-refractivity contribution in [3.63, 3.8) is 0 Å². The third-order valence-electron chi connectivity index (χ3n) is 5.34. The van der Waals surface area contributed by atoms with Gasteiger partial charge in [0, 0.05) is 63.1 Å². The fourth-order valence-corrected chi connectivity index (χ4v) is 4.18. The van der Waals surface area contributed by atoms with Crippen LogP contribution in [0.2, 0.25) is 10.0 Å². The van der Waals surface area contributed by atoms with Gasteiger partial charge in [-0.3, -0.25) is 4.79 Å². The second-order valence-corrected chi connectivity index (χ2v) is 8.15. The molecule has 0 amide bonds. The zero-order valence-electron chi connectivity index (χ0n) is 18.5. The molecular weight excluding hydrogens is 477 g/mol. The number of halogens is 2. The Morgan fingerprint density at radius 1 is 1.18 bits per heavy atom. The first-order valence-electron chi connectivity index (χ1n) is 10.1. The normalized spacial score (nSPS) is 10.5. The van der Waals surface area contributed by atoms with Crippen molar-refractivity contribution in [2.45, 2.75) is 6.42 Å². The Morgan fingerprint density at radius 3 is 2.53 bits per heavy atom. The summed E-state index contributed by atoms with van der Waals surface area (Å²) in [7, 11) is 2.28. The summed E-state index contributed by atoms with van der Waals surface area (Å²) in [6.07, 6.45) is 2.68. The number of aromatic nitrogens is 2. The van der Waals surface area contributed by atoms with E-state index in [0.717, 1.165) is 18.0 Å². The molecule has 0 fully saturated rings. The molecule has 4 aromatic rings. The summed E-state index contributed by atoms with van der Waals surface area (Å²) in [4.78, 5) is 30.6. The van der Waals surface area contributed by atoms with E-state index in [1.54, 1.807) is 36.5 Å². The largest absolute Gasteiger partial charge is 0.464 e. The van der Waals surface area contributed by atoms with Crippen LogP contribution in [-0.2, 0) is 11.2 Å². The van der Waals surface area contributed by atoms with Gasteiger partial charge in [0.25, 0.3) is 0 Å². The zero-order chi connectivity index (χ0) is 25.0. The third-order valence-corrected chi connectivity index (χ3v) is 5.81. The molecule has 0 unspecified atom stereocenters. The van der Waals surface area contributed by atoms with Crippen LogP contribution in [0.4, 0.5) is 5.69 Å². The highest BCUT2D eigenvalue weighted by atomic mass is 35.5. The van der Waals surface area contributed by atoms with Crippen molar-refractivity contribution in [3.05, 3.63) is 81.7 Å². The van der Waals surface area contributed by atoms with Crippen LogP contribution < -0.4 is 5.73 Å². The molecule has 5 N–H and O–H groups in total. The summed E-state index contributed by atoms with van der Waals surface area (Å²) in [5, 5.41) is 8.86. The monoisotopic (exact) mass is 499 g/mol. The highest BCUT2D eigenvalue weighted by Crippen LogP contribution is 2.39. The second kappa shape index (κ2) is 10.6. The molecule has 7 nitrogen and oxygen atoms in total. The molecule has 0 bridgehead atoms. The Kier molecular flexibility index (Phi) is 7.83. The number of allylic oxidation sites excluding steroid dienone is 1. The van der Waals surface area contributed by atoms with Crippen LogP contribution in [0.15, 0.2) is 49.2 Å². The summed E-state index contributed by atoms with van der Waals surface area (Å²) in [5.74, 6) is -0.599. The van der Waals surface area contributed by atoms with E-state index < -0.39 is 5.97 Å². The molecule has 0 aliphatic carbocycles. The third kappa shape index (κ3) is 4.72. The van der Waals surface area contributed by atoms with E-state index in [9.17, 15) is 9.59 Å². The number of hydrogen-bond donors (Lipinski definition) is 4. The number of H-pyrrole nitrogens is 2. The number of esters is 1. The van der Waals surface area contributed by atoms with Crippen LogP contribution in [0.5, 0.6) is 0 Å². The average molecular weight is 500 g/mol. The van der Waals surface area contributed by atoms with E-state index in [2.05, 4.69) is 16.5 Å². The molecule has 0 saturated carbocycles. The number of aliphatic hydroxyl groups is 1. The molecule has 2 heterocycles. The number of methoxy groups -OCH3 is 1. The lowest BCUT2D eigenvalue weighted by molar-refractivity contribution is 0.0595. The van der Waals surface area contributed by atoms with Gasteiger partial charge in [-0.25, -0.2) is 4.79 Å². The number of nitrogen functional groups attached to an aromatic ring is 1. The van der Waals surface area contributed by atoms with Gasteiger partial charge >= 0.3 is 5.97 Å². The molecule has 0 atom stereocenters. The van der Waals surface area contributed by atoms with Gasteiger partial charge in [0.2, 0.25) is 0 Å². The molecule has 2 aromatic heterocycles. The number of ether oxygens (including phenoxy) is 1. The Morgan fingerprint density at radius 2 is 1.85 bits per heavy atom. The summed E-state index contributed by atoms with van der Waals surface area (Å²) in [5.41, 5.74) is 11.0. The number of carbonyl (C=O) groups excluding carboxylic acids is 2. The highest BCUT2D eigenvalue weighted by molar-refractivity contribution is 6.31. The number of aromatic amines is 2. The maximum Gasteiger partial charge on any atom is 0.355 e. The van der Waals surface area contributed by atoms with Crippen molar-refractivity contribution in [1.29, 1.82) is 0 Å². The number of hydrogen-bond acceptors (Lipinski definition) is 5. The predicted molar refractivity (Wildman–Crippen MR) is 137 cm³/mol. The van der Waals surface area contributed by atoms with Crippen LogP contribution in [0.3, 0.4) is 0 Å². The minimum absolute atomic E-state index is 0.164. The molecule has 34 heavy (non-hydrogen) atoms. The minimum Gasteiger partial charge on any atom is -0.464 e. The molecule has 176 valence electrons. The zero-order valence-corrected chi connectivity index (χ0v) is 20.1. The first-order valence-corrected chi connectivity index (χ1v) is 10.8. The lowest BCUT2D eigenvalue weighted by Gasteiger charge is -2.12. The van der Waals surface area contributed by atoms with E-state index in [-0.39, 0.29) is 17.8 Å². The molecule has 0 spiro atoms. The highest BCUT2D eigenvalue weighted by Gasteiger charge is 2.26. The van der Waals surface area contributed by atoms with Crippen LogP contribution in [0.25, 0.3) is 27.6 Å². The van der Waals surface area contributed by atoms with Gasteiger partial charge in [0.15, 0.2) is 6.29 Å². The number of fused-ring (bicyclic) bond motifs is 1. The van der Waals surface area contributed by atoms with Gasteiger partial charge in [0.1, 0.15) is 5.69 Å². The number of rotatable bonds is 6. The first-order chi connectivity index (χ1) is 16.3. The maximum atomic E-state index is 12.6. The SMILES string of the molecule is C=C(Cc1c(C=O)[nH]c(C(=O)OC)c1-c1c[nH]c2ccc(Cl)cc12)c1cc(Cl)ccc1N.CO. The topological polar surface area (TPSA) is 121 Å². The average Bonchev–Trinajstić information content (AvgIpc) is 3.41. The van der Waals surface area contributed by atoms with Gasteiger partial charge in [-0.1, -0.05) is 29.8 Å². The van der Waals surface area contributed by atoms with Gasteiger partial charge in [0.05, 0.1) is 12.8 Å². The van der Waals surface area contributed by atoms with Crippen molar-refractivity contribution in [2.75, 3.05) is 20.0 Å². The summed E-state index contributed by atoms with van der Waals surface area (Å²) >= 11 is 12.4. The van der Waals surface area contributed by atoms with Crippen LogP contribution in [0.1, 0.15) is 32.1 Å². The molecule has 0 aliphatic heterocycles. The van der Waals surface area contributed by atoms with Crippen molar-refractivity contribution >= 4 is 57.6 Å². The number of aldehydes is 1. The summed E-state index contributed by atoms with van der Waals surface area (Å²) in [6, 6.07) is 10.5. The Hall–Kier alpha value is -3.52. The summed E-state index contributed by atoms with van der Waals surface area (Å²) < 4.78 is 4.97.